The van der Waals surface area contributed by atoms with Gasteiger partial charge in [0.1, 0.15) is 5.75 Å². The molecular weight excluding hydrogens is 188 g/mol. The van der Waals surface area contributed by atoms with E-state index in [9.17, 15) is 10.2 Å². The molecule has 1 aromatic rings. The molecule has 15 heavy (non-hydrogen) atoms. The van der Waals surface area contributed by atoms with Crippen molar-refractivity contribution in [2.24, 2.45) is 0 Å². The van der Waals surface area contributed by atoms with Crippen molar-refractivity contribution in [3.05, 3.63) is 29.8 Å². The lowest BCUT2D eigenvalue weighted by atomic mass is 10.0. The fourth-order valence-corrected chi connectivity index (χ4v) is 1.39. The van der Waals surface area contributed by atoms with Crippen LogP contribution in [0.25, 0.3) is 0 Å². The summed E-state index contributed by atoms with van der Waals surface area (Å²) >= 11 is 0. The van der Waals surface area contributed by atoms with Gasteiger partial charge >= 0.3 is 0 Å². The molecule has 0 aliphatic rings. The van der Waals surface area contributed by atoms with E-state index in [1.165, 1.54) is 0 Å². The first-order chi connectivity index (χ1) is 7.22. The molecule has 2 N–H and O–H groups in total. The molecule has 2 nitrogen and oxygen atoms in total. The quantitative estimate of drug-likeness (QED) is 0.801. The van der Waals surface area contributed by atoms with Gasteiger partial charge in [0, 0.05) is 0 Å². The zero-order valence-electron chi connectivity index (χ0n) is 9.90. The molecule has 0 heterocycles. The number of benzene rings is 1. The fourth-order valence-electron chi connectivity index (χ4n) is 1.39. The Balaban J connectivity index is 0.000000921. The van der Waals surface area contributed by atoms with Crippen molar-refractivity contribution in [2.45, 2.75) is 46.1 Å². The Morgan fingerprint density at radius 2 is 1.93 bits per heavy atom. The summed E-state index contributed by atoms with van der Waals surface area (Å²) in [4.78, 5) is 0. The van der Waals surface area contributed by atoms with Crippen molar-refractivity contribution in [1.82, 2.24) is 0 Å². The molecule has 86 valence electrons. The second-order valence-electron chi connectivity index (χ2n) is 3.32. The Hall–Kier alpha value is -1.02. The van der Waals surface area contributed by atoms with Crippen LogP contribution in [0.5, 0.6) is 5.75 Å². The Morgan fingerprint density at radius 1 is 1.27 bits per heavy atom. The van der Waals surface area contributed by atoms with Gasteiger partial charge in [-0.15, -0.1) is 0 Å². The van der Waals surface area contributed by atoms with E-state index in [0.29, 0.717) is 6.42 Å². The molecule has 1 rings (SSSR count). The Bertz CT molecular complexity index is 258. The van der Waals surface area contributed by atoms with Gasteiger partial charge in [-0.1, -0.05) is 39.3 Å². The normalized spacial score (nSPS) is 11.5. The van der Waals surface area contributed by atoms with Gasteiger partial charge in [-0.05, 0) is 30.5 Å². The average molecular weight is 210 g/mol. The molecule has 0 radical (unpaired) electrons. The molecule has 0 aliphatic carbocycles. The lowest BCUT2D eigenvalue weighted by Crippen LogP contribution is -2.09. The standard InChI is InChI=1S/C11H16O2.C2H6/c1-2-4-10(12)7-9-5-3-6-11(13)8-9;1-2/h3,5-6,8,10,12-13H,2,4,7H2,1H3;1-2H3. The molecule has 0 spiro atoms. The highest BCUT2D eigenvalue weighted by Gasteiger charge is 2.04. The lowest BCUT2D eigenvalue weighted by Gasteiger charge is -2.08. The van der Waals surface area contributed by atoms with Crippen molar-refractivity contribution in [1.29, 1.82) is 0 Å². The summed E-state index contributed by atoms with van der Waals surface area (Å²) in [6, 6.07) is 7.04. The van der Waals surface area contributed by atoms with E-state index in [1.54, 1.807) is 18.2 Å². The maximum atomic E-state index is 9.51. The van der Waals surface area contributed by atoms with Gasteiger partial charge in [0.15, 0.2) is 0 Å². The van der Waals surface area contributed by atoms with E-state index < -0.39 is 0 Å². The highest BCUT2D eigenvalue weighted by atomic mass is 16.3. The molecule has 1 aromatic carbocycles. The van der Waals surface area contributed by atoms with Crippen molar-refractivity contribution in [3.63, 3.8) is 0 Å². The first-order valence-electron chi connectivity index (χ1n) is 5.68. The molecule has 0 aliphatic heterocycles. The van der Waals surface area contributed by atoms with Crippen LogP contribution < -0.4 is 0 Å². The molecule has 0 saturated carbocycles. The largest absolute Gasteiger partial charge is 0.508 e. The predicted molar refractivity (Wildman–Crippen MR) is 64.1 cm³/mol. The number of rotatable bonds is 4. The molecule has 0 amide bonds. The minimum Gasteiger partial charge on any atom is -0.508 e. The molecule has 0 aromatic heterocycles. The van der Waals surface area contributed by atoms with Crippen LogP contribution in [0.1, 0.15) is 39.2 Å². The molecule has 2 heteroatoms. The number of aliphatic hydroxyl groups excluding tert-OH is 1. The van der Waals surface area contributed by atoms with Gasteiger partial charge in [-0.2, -0.15) is 0 Å². The maximum absolute atomic E-state index is 9.51. The minimum absolute atomic E-state index is 0.265. The second kappa shape index (κ2) is 8.30. The van der Waals surface area contributed by atoms with Gasteiger partial charge in [0.05, 0.1) is 6.10 Å². The zero-order valence-corrected chi connectivity index (χ0v) is 9.90. The summed E-state index contributed by atoms with van der Waals surface area (Å²) < 4.78 is 0. The Kier molecular flexibility index (Phi) is 7.74. The molecule has 0 fully saturated rings. The number of hydrogen-bond acceptors (Lipinski definition) is 2. The highest BCUT2D eigenvalue weighted by Crippen LogP contribution is 2.13. The summed E-state index contributed by atoms with van der Waals surface area (Å²) in [5.41, 5.74) is 0.987. The topological polar surface area (TPSA) is 40.5 Å². The number of aliphatic hydroxyl groups is 1. The van der Waals surface area contributed by atoms with Crippen LogP contribution >= 0.6 is 0 Å². The first kappa shape index (κ1) is 14.0. The SMILES string of the molecule is CC.CCCC(O)Cc1cccc(O)c1. The van der Waals surface area contributed by atoms with Gasteiger partial charge < -0.3 is 10.2 Å². The van der Waals surface area contributed by atoms with Crippen molar-refractivity contribution >= 4 is 0 Å². The van der Waals surface area contributed by atoms with Crippen LogP contribution in [0.15, 0.2) is 24.3 Å². The van der Waals surface area contributed by atoms with E-state index in [-0.39, 0.29) is 11.9 Å². The van der Waals surface area contributed by atoms with Crippen LogP contribution in [-0.2, 0) is 6.42 Å². The molecular formula is C13H22O2. The lowest BCUT2D eigenvalue weighted by molar-refractivity contribution is 0.164. The van der Waals surface area contributed by atoms with Crippen molar-refractivity contribution < 1.29 is 10.2 Å². The summed E-state index contributed by atoms with van der Waals surface area (Å²) in [6.07, 6.45) is 2.14. The third-order valence-corrected chi connectivity index (χ3v) is 2.00. The fraction of sp³-hybridized carbons (Fsp3) is 0.538. The van der Waals surface area contributed by atoms with Crippen LogP contribution in [0.3, 0.4) is 0 Å². The van der Waals surface area contributed by atoms with Gasteiger partial charge in [0.25, 0.3) is 0 Å². The second-order valence-corrected chi connectivity index (χ2v) is 3.32. The van der Waals surface area contributed by atoms with Gasteiger partial charge in [0.2, 0.25) is 0 Å². The minimum atomic E-state index is -0.285. The number of phenols is 1. The maximum Gasteiger partial charge on any atom is 0.115 e. The third kappa shape index (κ3) is 6.13. The van der Waals surface area contributed by atoms with E-state index in [0.717, 1.165) is 18.4 Å². The summed E-state index contributed by atoms with van der Waals surface area (Å²) in [7, 11) is 0. The Labute approximate surface area is 92.6 Å². The van der Waals surface area contributed by atoms with Gasteiger partial charge in [-0.25, -0.2) is 0 Å². The van der Waals surface area contributed by atoms with E-state index in [1.807, 2.05) is 26.8 Å². The van der Waals surface area contributed by atoms with Crippen molar-refractivity contribution in [3.8, 4) is 5.75 Å². The van der Waals surface area contributed by atoms with Crippen LogP contribution in [0, 0.1) is 0 Å². The van der Waals surface area contributed by atoms with Crippen LogP contribution in [0.4, 0.5) is 0 Å². The average Bonchev–Trinajstić information content (AvgIpc) is 2.21. The Morgan fingerprint density at radius 3 is 2.47 bits per heavy atom. The predicted octanol–water partition coefficient (Wildman–Crippen LogP) is 3.12. The summed E-state index contributed by atoms with van der Waals surface area (Å²) in [5, 5.41) is 18.7. The first-order valence-corrected chi connectivity index (χ1v) is 5.68. The zero-order chi connectivity index (χ0) is 11.7. The molecule has 0 bridgehead atoms. The number of aromatic hydroxyl groups is 1. The van der Waals surface area contributed by atoms with Crippen molar-refractivity contribution in [2.75, 3.05) is 0 Å². The number of phenolic OH excluding ortho intramolecular Hbond substituents is 1. The monoisotopic (exact) mass is 210 g/mol. The van der Waals surface area contributed by atoms with Gasteiger partial charge in [-0.3, -0.25) is 0 Å². The van der Waals surface area contributed by atoms with E-state index in [4.69, 9.17) is 0 Å². The van der Waals surface area contributed by atoms with E-state index in [2.05, 4.69) is 0 Å². The highest BCUT2D eigenvalue weighted by molar-refractivity contribution is 5.27. The van der Waals surface area contributed by atoms with E-state index >= 15 is 0 Å². The molecule has 1 unspecified atom stereocenters. The molecule has 1 atom stereocenters. The third-order valence-electron chi connectivity index (χ3n) is 2.00. The summed E-state index contributed by atoms with van der Waals surface area (Å²) in [6.45, 7) is 6.05. The molecule has 0 saturated heterocycles. The van der Waals surface area contributed by atoms with Crippen LogP contribution in [0.2, 0.25) is 0 Å². The van der Waals surface area contributed by atoms with Crippen LogP contribution in [-0.4, -0.2) is 16.3 Å². The number of hydrogen-bond donors (Lipinski definition) is 2. The summed E-state index contributed by atoms with van der Waals surface area (Å²) in [5.74, 6) is 0.265. The smallest absolute Gasteiger partial charge is 0.115 e.